The van der Waals surface area contributed by atoms with Crippen molar-refractivity contribution in [2.75, 3.05) is 13.6 Å². The molecule has 0 aliphatic heterocycles. The van der Waals surface area contributed by atoms with Gasteiger partial charge in [-0.25, -0.2) is 0 Å². The third kappa shape index (κ3) is 3.22. The minimum atomic E-state index is 0.404. The molecule has 0 fully saturated rings. The Labute approximate surface area is 126 Å². The lowest BCUT2D eigenvalue weighted by Gasteiger charge is -2.17. The van der Waals surface area contributed by atoms with Crippen LogP contribution in [0.25, 0.3) is 0 Å². The Morgan fingerprint density at radius 1 is 1.25 bits per heavy atom. The molecule has 2 aromatic rings. The summed E-state index contributed by atoms with van der Waals surface area (Å²) in [6, 6.07) is 8.74. The topological polar surface area (TPSA) is 29.9 Å². The molecule has 0 spiro atoms. The van der Waals surface area contributed by atoms with Crippen molar-refractivity contribution in [2.45, 2.75) is 26.2 Å². The fraction of sp³-hybridized carbons (Fsp3) is 0.438. The van der Waals surface area contributed by atoms with Gasteiger partial charge < -0.3 is 5.32 Å². The van der Waals surface area contributed by atoms with Gasteiger partial charge in [-0.05, 0) is 32.9 Å². The molecule has 1 N–H and O–H groups in total. The maximum atomic E-state index is 6.35. The fourth-order valence-corrected chi connectivity index (χ4v) is 2.80. The lowest BCUT2D eigenvalue weighted by molar-refractivity contribution is 0.624. The number of likely N-dealkylation sites (N-methyl/N-ethyl adjacent to an activating group) is 1. The molecule has 1 heterocycles. The molecule has 1 atom stereocenters. The van der Waals surface area contributed by atoms with Crippen molar-refractivity contribution < 1.29 is 0 Å². The highest BCUT2D eigenvalue weighted by Gasteiger charge is 2.18. The zero-order chi connectivity index (χ0) is 14.7. The quantitative estimate of drug-likeness (QED) is 0.916. The molecule has 0 saturated heterocycles. The Balaban J connectivity index is 2.27. The first kappa shape index (κ1) is 15.1. The van der Waals surface area contributed by atoms with Crippen molar-refractivity contribution in [1.82, 2.24) is 15.1 Å². The molecule has 3 nitrogen and oxygen atoms in total. The highest BCUT2D eigenvalue weighted by atomic mass is 35.5. The summed E-state index contributed by atoms with van der Waals surface area (Å²) in [5.74, 6) is 0.404. The van der Waals surface area contributed by atoms with E-state index in [1.807, 2.05) is 21.0 Å². The summed E-state index contributed by atoms with van der Waals surface area (Å²) in [4.78, 5) is 0. The highest BCUT2D eigenvalue weighted by Crippen LogP contribution is 2.27. The Morgan fingerprint density at radius 2 is 1.90 bits per heavy atom. The summed E-state index contributed by atoms with van der Waals surface area (Å²) in [6.45, 7) is 5.06. The number of halogens is 1. The van der Waals surface area contributed by atoms with E-state index in [1.54, 1.807) is 4.68 Å². The maximum absolute atomic E-state index is 6.35. The van der Waals surface area contributed by atoms with Crippen LogP contribution in [0.3, 0.4) is 0 Å². The third-order valence-corrected chi connectivity index (χ3v) is 4.19. The van der Waals surface area contributed by atoms with Crippen LogP contribution in [0.4, 0.5) is 0 Å². The molecule has 0 amide bonds. The van der Waals surface area contributed by atoms with Crippen molar-refractivity contribution in [3.05, 3.63) is 51.8 Å². The zero-order valence-corrected chi connectivity index (χ0v) is 13.3. The van der Waals surface area contributed by atoms with Gasteiger partial charge in [0.05, 0.1) is 5.69 Å². The lowest BCUT2D eigenvalue weighted by atomic mass is 9.91. The SMILES string of the molecule is CNCC(Cc1c(C)nn(C)c1Cl)c1ccc(C)cc1. The summed E-state index contributed by atoms with van der Waals surface area (Å²) in [5.41, 5.74) is 4.79. The summed E-state index contributed by atoms with van der Waals surface area (Å²) >= 11 is 6.35. The molecular weight excluding hydrogens is 270 g/mol. The monoisotopic (exact) mass is 291 g/mol. The molecule has 0 aliphatic carbocycles. The van der Waals surface area contributed by atoms with Crippen molar-refractivity contribution in [1.29, 1.82) is 0 Å². The molecule has 0 aliphatic rings. The van der Waals surface area contributed by atoms with Gasteiger partial charge in [0.25, 0.3) is 0 Å². The first-order valence-corrected chi connectivity index (χ1v) is 7.30. The predicted octanol–water partition coefficient (Wildman–Crippen LogP) is 3.24. The second-order valence-corrected chi connectivity index (χ2v) is 5.71. The van der Waals surface area contributed by atoms with Gasteiger partial charge in [0.15, 0.2) is 0 Å². The summed E-state index contributed by atoms with van der Waals surface area (Å²) in [5, 5.41) is 8.42. The molecule has 20 heavy (non-hydrogen) atoms. The molecule has 0 saturated carbocycles. The van der Waals surface area contributed by atoms with E-state index in [4.69, 9.17) is 11.6 Å². The Bertz CT molecular complexity index is 572. The Kier molecular flexibility index (Phi) is 4.84. The van der Waals surface area contributed by atoms with Gasteiger partial charge in [0.1, 0.15) is 5.15 Å². The van der Waals surface area contributed by atoms with E-state index in [0.717, 1.165) is 29.4 Å². The van der Waals surface area contributed by atoms with Crippen LogP contribution in [-0.4, -0.2) is 23.4 Å². The first-order chi connectivity index (χ1) is 9.52. The summed E-state index contributed by atoms with van der Waals surface area (Å²) < 4.78 is 1.75. The molecule has 4 heteroatoms. The summed E-state index contributed by atoms with van der Waals surface area (Å²) in [7, 11) is 3.87. The predicted molar refractivity (Wildman–Crippen MR) is 84.5 cm³/mol. The van der Waals surface area contributed by atoms with Crippen molar-refractivity contribution >= 4 is 11.6 Å². The average molecular weight is 292 g/mol. The van der Waals surface area contributed by atoms with E-state index < -0.39 is 0 Å². The van der Waals surface area contributed by atoms with Gasteiger partial charge in [-0.2, -0.15) is 5.10 Å². The van der Waals surface area contributed by atoms with Crippen molar-refractivity contribution in [3.8, 4) is 0 Å². The van der Waals surface area contributed by atoms with Crippen LogP contribution < -0.4 is 5.32 Å². The molecule has 1 unspecified atom stereocenters. The molecule has 2 rings (SSSR count). The van der Waals surface area contributed by atoms with Crippen LogP contribution in [0, 0.1) is 13.8 Å². The van der Waals surface area contributed by atoms with E-state index in [9.17, 15) is 0 Å². The smallest absolute Gasteiger partial charge is 0.130 e. The van der Waals surface area contributed by atoms with Gasteiger partial charge in [-0.1, -0.05) is 41.4 Å². The van der Waals surface area contributed by atoms with Crippen LogP contribution in [0.5, 0.6) is 0 Å². The second-order valence-electron chi connectivity index (χ2n) is 5.35. The van der Waals surface area contributed by atoms with Gasteiger partial charge in [-0.15, -0.1) is 0 Å². The number of aromatic nitrogens is 2. The van der Waals surface area contributed by atoms with Crippen molar-refractivity contribution in [3.63, 3.8) is 0 Å². The molecule has 1 aromatic heterocycles. The number of hydrogen-bond donors (Lipinski definition) is 1. The minimum absolute atomic E-state index is 0.404. The van der Waals surface area contributed by atoms with Crippen LogP contribution in [0.15, 0.2) is 24.3 Å². The number of nitrogens with one attached hydrogen (secondary N) is 1. The van der Waals surface area contributed by atoms with E-state index in [2.05, 4.69) is 41.6 Å². The number of nitrogens with zero attached hydrogens (tertiary/aromatic N) is 2. The van der Waals surface area contributed by atoms with E-state index in [1.165, 1.54) is 11.1 Å². The van der Waals surface area contributed by atoms with E-state index in [0.29, 0.717) is 5.92 Å². The number of benzene rings is 1. The normalized spacial score (nSPS) is 12.7. The van der Waals surface area contributed by atoms with Crippen LogP contribution in [0.2, 0.25) is 5.15 Å². The average Bonchev–Trinajstić information content (AvgIpc) is 2.65. The summed E-state index contributed by atoms with van der Waals surface area (Å²) in [6.07, 6.45) is 0.905. The fourth-order valence-electron chi connectivity index (χ4n) is 2.55. The molecule has 0 bridgehead atoms. The van der Waals surface area contributed by atoms with Crippen LogP contribution in [-0.2, 0) is 13.5 Å². The number of rotatable bonds is 5. The van der Waals surface area contributed by atoms with Gasteiger partial charge in [0.2, 0.25) is 0 Å². The molecular formula is C16H22ClN3. The van der Waals surface area contributed by atoms with Gasteiger partial charge >= 0.3 is 0 Å². The van der Waals surface area contributed by atoms with Crippen LogP contribution in [0.1, 0.15) is 28.3 Å². The van der Waals surface area contributed by atoms with Gasteiger partial charge in [-0.3, -0.25) is 4.68 Å². The van der Waals surface area contributed by atoms with E-state index in [-0.39, 0.29) is 0 Å². The largest absolute Gasteiger partial charge is 0.319 e. The number of hydrogen-bond acceptors (Lipinski definition) is 2. The van der Waals surface area contributed by atoms with Crippen molar-refractivity contribution in [2.24, 2.45) is 7.05 Å². The molecule has 1 aromatic carbocycles. The number of aryl methyl sites for hydroxylation is 3. The Hall–Kier alpha value is -1.32. The van der Waals surface area contributed by atoms with E-state index >= 15 is 0 Å². The zero-order valence-electron chi connectivity index (χ0n) is 12.6. The first-order valence-electron chi connectivity index (χ1n) is 6.92. The molecule has 0 radical (unpaired) electrons. The highest BCUT2D eigenvalue weighted by molar-refractivity contribution is 6.30. The lowest BCUT2D eigenvalue weighted by Crippen LogP contribution is -2.19. The Morgan fingerprint density at radius 3 is 2.40 bits per heavy atom. The third-order valence-electron chi connectivity index (χ3n) is 3.72. The molecule has 108 valence electrons. The standard InChI is InChI=1S/C16H22ClN3/c1-11-5-7-13(8-6-11)14(10-18-3)9-15-12(2)19-20(4)16(15)17/h5-8,14,18H,9-10H2,1-4H3. The van der Waals surface area contributed by atoms with Gasteiger partial charge in [0, 0.05) is 25.1 Å². The maximum Gasteiger partial charge on any atom is 0.130 e. The minimum Gasteiger partial charge on any atom is -0.319 e. The second kappa shape index (κ2) is 6.42. The van der Waals surface area contributed by atoms with Crippen LogP contribution >= 0.6 is 11.6 Å².